The predicted molar refractivity (Wildman–Crippen MR) is 97.0 cm³/mol. The molecule has 23 heavy (non-hydrogen) atoms. The van der Waals surface area contributed by atoms with Crippen LogP contribution in [0, 0.1) is 5.92 Å². The lowest BCUT2D eigenvalue weighted by atomic mass is 9.90. The molecule has 0 amide bonds. The molecule has 0 spiro atoms. The maximum absolute atomic E-state index is 5.70. The minimum absolute atomic E-state index is 0.101. The molecule has 0 aliphatic carbocycles. The Morgan fingerprint density at radius 1 is 1.22 bits per heavy atom. The van der Waals surface area contributed by atoms with Gasteiger partial charge in [0.15, 0.2) is 0 Å². The van der Waals surface area contributed by atoms with Gasteiger partial charge in [0.25, 0.3) is 0 Å². The number of hydrogen-bond acceptors (Lipinski definition) is 4. The third kappa shape index (κ3) is 8.40. The van der Waals surface area contributed by atoms with E-state index in [1.807, 2.05) is 0 Å². The van der Waals surface area contributed by atoms with Crippen LogP contribution in [0.5, 0.6) is 0 Å². The molecule has 0 aliphatic rings. The molecular weight excluding hydrogens is 288 g/mol. The van der Waals surface area contributed by atoms with E-state index in [-0.39, 0.29) is 5.60 Å². The monoisotopic (exact) mass is 324 g/mol. The van der Waals surface area contributed by atoms with E-state index < -0.39 is 0 Å². The van der Waals surface area contributed by atoms with Crippen LogP contribution in [0.15, 0.2) is 10.6 Å². The van der Waals surface area contributed by atoms with Gasteiger partial charge in [-0.3, -0.25) is 0 Å². The SMILES string of the molecule is CCCC(CCC(C)CC)c1cc(NCCOC(C)(C)C)on1. The average molecular weight is 325 g/mol. The molecule has 0 radical (unpaired) electrons. The van der Waals surface area contributed by atoms with Crippen LogP contribution in [-0.2, 0) is 4.74 Å². The highest BCUT2D eigenvalue weighted by Crippen LogP contribution is 2.29. The molecule has 0 saturated heterocycles. The molecule has 0 fully saturated rings. The quantitative estimate of drug-likeness (QED) is 0.537. The van der Waals surface area contributed by atoms with Gasteiger partial charge in [-0.05, 0) is 39.5 Å². The molecule has 1 N–H and O–H groups in total. The summed E-state index contributed by atoms with van der Waals surface area (Å²) in [7, 11) is 0. The minimum Gasteiger partial charge on any atom is -0.374 e. The van der Waals surface area contributed by atoms with Crippen LogP contribution in [0.2, 0.25) is 0 Å². The van der Waals surface area contributed by atoms with Crippen molar-refractivity contribution in [3.8, 4) is 0 Å². The molecule has 1 aromatic heterocycles. The number of anilines is 1. The number of nitrogens with one attached hydrogen (secondary N) is 1. The first-order valence-electron chi connectivity index (χ1n) is 9.20. The third-order valence-corrected chi connectivity index (χ3v) is 4.23. The Kier molecular flexibility index (Phi) is 8.67. The van der Waals surface area contributed by atoms with Crippen LogP contribution in [0.1, 0.15) is 85.3 Å². The summed E-state index contributed by atoms with van der Waals surface area (Å²) in [5, 5.41) is 7.54. The highest BCUT2D eigenvalue weighted by atomic mass is 16.5. The smallest absolute Gasteiger partial charge is 0.224 e. The fourth-order valence-corrected chi connectivity index (χ4v) is 2.57. The maximum atomic E-state index is 5.70. The summed E-state index contributed by atoms with van der Waals surface area (Å²) in [4.78, 5) is 0. The van der Waals surface area contributed by atoms with E-state index in [1.54, 1.807) is 0 Å². The largest absolute Gasteiger partial charge is 0.374 e. The van der Waals surface area contributed by atoms with Crippen molar-refractivity contribution < 1.29 is 9.26 Å². The van der Waals surface area contributed by atoms with Crippen LogP contribution in [0.4, 0.5) is 5.88 Å². The number of rotatable bonds is 11. The van der Waals surface area contributed by atoms with E-state index in [2.05, 4.69) is 58.1 Å². The molecule has 1 heterocycles. The van der Waals surface area contributed by atoms with Crippen LogP contribution < -0.4 is 5.32 Å². The van der Waals surface area contributed by atoms with E-state index in [0.717, 1.165) is 24.0 Å². The Hall–Kier alpha value is -1.03. The Labute approximate surface area is 142 Å². The summed E-state index contributed by atoms with van der Waals surface area (Å²) in [6, 6.07) is 2.06. The lowest BCUT2D eigenvalue weighted by Gasteiger charge is -2.19. The molecule has 0 bridgehead atoms. The number of ether oxygens (including phenoxy) is 1. The van der Waals surface area contributed by atoms with E-state index in [4.69, 9.17) is 9.26 Å². The Morgan fingerprint density at radius 2 is 1.96 bits per heavy atom. The molecule has 0 aliphatic heterocycles. The van der Waals surface area contributed by atoms with Gasteiger partial charge in [-0.2, -0.15) is 0 Å². The minimum atomic E-state index is -0.101. The van der Waals surface area contributed by atoms with Crippen molar-refractivity contribution in [2.24, 2.45) is 5.92 Å². The van der Waals surface area contributed by atoms with Gasteiger partial charge in [0.05, 0.1) is 17.9 Å². The summed E-state index contributed by atoms with van der Waals surface area (Å²) in [6.45, 7) is 14.4. The highest BCUT2D eigenvalue weighted by molar-refractivity contribution is 5.32. The summed E-state index contributed by atoms with van der Waals surface area (Å²) in [6.07, 6.45) is 6.06. The van der Waals surface area contributed by atoms with Crippen molar-refractivity contribution in [3.63, 3.8) is 0 Å². The summed E-state index contributed by atoms with van der Waals surface area (Å²) < 4.78 is 11.1. The van der Waals surface area contributed by atoms with Crippen molar-refractivity contribution >= 4 is 5.88 Å². The first-order valence-corrected chi connectivity index (χ1v) is 9.20. The van der Waals surface area contributed by atoms with Gasteiger partial charge in [0.1, 0.15) is 0 Å². The molecule has 4 nitrogen and oxygen atoms in total. The molecule has 0 aromatic carbocycles. The zero-order valence-corrected chi connectivity index (χ0v) is 15.9. The van der Waals surface area contributed by atoms with Crippen LogP contribution in [0.25, 0.3) is 0 Å². The second-order valence-corrected chi connectivity index (χ2v) is 7.58. The Balaban J connectivity index is 2.47. The standard InChI is InChI=1S/C19H36N2O2/c1-7-9-16(11-10-15(3)8-2)17-14-18(23-21-17)20-12-13-22-19(4,5)6/h14-16,20H,7-13H2,1-6H3. The van der Waals surface area contributed by atoms with Gasteiger partial charge in [0, 0.05) is 18.5 Å². The molecular formula is C19H36N2O2. The second kappa shape index (κ2) is 9.96. The van der Waals surface area contributed by atoms with Gasteiger partial charge >= 0.3 is 0 Å². The Bertz CT molecular complexity index is 423. The molecule has 4 heteroatoms. The molecule has 134 valence electrons. The fraction of sp³-hybridized carbons (Fsp3) is 0.842. The molecule has 2 atom stereocenters. The number of hydrogen-bond donors (Lipinski definition) is 1. The van der Waals surface area contributed by atoms with Gasteiger partial charge < -0.3 is 14.6 Å². The normalized spacial score (nSPS) is 14.7. The summed E-state index contributed by atoms with van der Waals surface area (Å²) in [5.74, 6) is 2.05. The van der Waals surface area contributed by atoms with E-state index in [1.165, 1.54) is 32.1 Å². The summed E-state index contributed by atoms with van der Waals surface area (Å²) >= 11 is 0. The molecule has 1 aromatic rings. The topological polar surface area (TPSA) is 47.3 Å². The summed E-state index contributed by atoms with van der Waals surface area (Å²) in [5.41, 5.74) is 0.991. The zero-order valence-electron chi connectivity index (χ0n) is 15.9. The fourth-order valence-electron chi connectivity index (χ4n) is 2.57. The zero-order chi connectivity index (χ0) is 17.3. The molecule has 2 unspecified atom stereocenters. The Morgan fingerprint density at radius 3 is 2.57 bits per heavy atom. The lowest BCUT2D eigenvalue weighted by molar-refractivity contribution is 0.00318. The van der Waals surface area contributed by atoms with Gasteiger partial charge in [-0.15, -0.1) is 0 Å². The predicted octanol–water partition coefficient (Wildman–Crippen LogP) is 5.61. The van der Waals surface area contributed by atoms with Gasteiger partial charge in [-0.1, -0.05) is 45.2 Å². The number of nitrogens with zero attached hydrogens (tertiary/aromatic N) is 1. The molecule has 1 rings (SSSR count). The van der Waals surface area contributed by atoms with Crippen LogP contribution in [0.3, 0.4) is 0 Å². The van der Waals surface area contributed by atoms with Crippen LogP contribution >= 0.6 is 0 Å². The van der Waals surface area contributed by atoms with Gasteiger partial charge in [-0.25, -0.2) is 0 Å². The van der Waals surface area contributed by atoms with E-state index >= 15 is 0 Å². The van der Waals surface area contributed by atoms with E-state index in [0.29, 0.717) is 12.5 Å². The first kappa shape index (κ1) is 20.0. The van der Waals surface area contributed by atoms with Crippen molar-refractivity contribution in [2.75, 3.05) is 18.5 Å². The average Bonchev–Trinajstić information content (AvgIpc) is 2.95. The van der Waals surface area contributed by atoms with Crippen LogP contribution in [-0.4, -0.2) is 23.9 Å². The number of aromatic nitrogens is 1. The van der Waals surface area contributed by atoms with Gasteiger partial charge in [0.2, 0.25) is 5.88 Å². The first-order chi connectivity index (χ1) is 10.9. The second-order valence-electron chi connectivity index (χ2n) is 7.58. The molecule has 0 saturated carbocycles. The third-order valence-electron chi connectivity index (χ3n) is 4.23. The van der Waals surface area contributed by atoms with Crippen molar-refractivity contribution in [1.82, 2.24) is 5.16 Å². The van der Waals surface area contributed by atoms with Crippen molar-refractivity contribution in [2.45, 2.75) is 85.2 Å². The van der Waals surface area contributed by atoms with Crippen molar-refractivity contribution in [3.05, 3.63) is 11.8 Å². The van der Waals surface area contributed by atoms with Crippen molar-refractivity contribution in [1.29, 1.82) is 0 Å². The maximum Gasteiger partial charge on any atom is 0.224 e. The highest BCUT2D eigenvalue weighted by Gasteiger charge is 2.17. The van der Waals surface area contributed by atoms with E-state index in [9.17, 15) is 0 Å². The lowest BCUT2D eigenvalue weighted by Crippen LogP contribution is -2.23.